The number of hydrogen-bond acceptors (Lipinski definition) is 4. The van der Waals surface area contributed by atoms with Crippen LogP contribution >= 0.6 is 22.9 Å². The molecule has 0 spiro atoms. The first-order valence-corrected chi connectivity index (χ1v) is 13.6. The van der Waals surface area contributed by atoms with E-state index >= 15 is 0 Å². The van der Waals surface area contributed by atoms with Crippen molar-refractivity contribution in [3.63, 3.8) is 0 Å². The summed E-state index contributed by atoms with van der Waals surface area (Å²) in [5, 5.41) is 2.69. The average molecular weight is 526 g/mol. The van der Waals surface area contributed by atoms with Gasteiger partial charge in [-0.2, -0.15) is 0 Å². The maximum Gasteiger partial charge on any atom is 0.254 e. The zero-order valence-corrected chi connectivity index (χ0v) is 21.8. The average Bonchev–Trinajstić information content (AvgIpc) is 3.36. The van der Waals surface area contributed by atoms with Crippen LogP contribution in [0, 0.1) is 5.82 Å². The molecule has 5 nitrogen and oxygen atoms in total. The molecule has 8 heteroatoms. The van der Waals surface area contributed by atoms with Gasteiger partial charge in [0.1, 0.15) is 5.82 Å². The highest BCUT2D eigenvalue weighted by Crippen LogP contribution is 2.38. The predicted molar refractivity (Wildman–Crippen MR) is 141 cm³/mol. The van der Waals surface area contributed by atoms with E-state index in [9.17, 15) is 14.0 Å². The highest BCUT2D eigenvalue weighted by molar-refractivity contribution is 7.10. The van der Waals surface area contributed by atoms with Gasteiger partial charge in [-0.25, -0.2) is 4.39 Å². The molecular formula is C28H29ClFN3O2S. The van der Waals surface area contributed by atoms with Gasteiger partial charge in [-0.3, -0.25) is 14.5 Å². The van der Waals surface area contributed by atoms with Gasteiger partial charge >= 0.3 is 0 Å². The maximum absolute atomic E-state index is 14.0. The summed E-state index contributed by atoms with van der Waals surface area (Å²) in [5.74, 6) is -0.190. The van der Waals surface area contributed by atoms with E-state index in [-0.39, 0.29) is 29.7 Å². The third-order valence-electron chi connectivity index (χ3n) is 7.18. The Morgan fingerprint density at radius 3 is 2.64 bits per heavy atom. The van der Waals surface area contributed by atoms with Crippen molar-refractivity contribution in [1.82, 2.24) is 14.7 Å². The minimum Gasteiger partial charge on any atom is -0.339 e. The fourth-order valence-electron chi connectivity index (χ4n) is 5.32. The van der Waals surface area contributed by atoms with E-state index in [1.807, 2.05) is 22.8 Å². The summed E-state index contributed by atoms with van der Waals surface area (Å²) >= 11 is 7.70. The molecule has 2 aromatic carbocycles. The van der Waals surface area contributed by atoms with Crippen LogP contribution in [0.4, 0.5) is 4.39 Å². The minimum atomic E-state index is -0.245. The number of hydrogen-bond donors (Lipinski definition) is 0. The van der Waals surface area contributed by atoms with E-state index < -0.39 is 0 Å². The number of rotatable bonds is 5. The minimum absolute atomic E-state index is 0.0379. The molecule has 3 heterocycles. The molecule has 5 rings (SSSR count). The lowest BCUT2D eigenvalue weighted by Gasteiger charge is -2.41. The van der Waals surface area contributed by atoms with Crippen LogP contribution in [0.5, 0.6) is 0 Å². The molecule has 0 unspecified atom stereocenters. The largest absolute Gasteiger partial charge is 0.339 e. The van der Waals surface area contributed by atoms with E-state index in [2.05, 4.69) is 16.3 Å². The zero-order valence-electron chi connectivity index (χ0n) is 20.2. The maximum atomic E-state index is 14.0. The molecule has 1 saturated heterocycles. The van der Waals surface area contributed by atoms with Gasteiger partial charge in [-0.1, -0.05) is 23.7 Å². The van der Waals surface area contributed by atoms with Crippen molar-refractivity contribution in [2.75, 3.05) is 32.7 Å². The third-order valence-corrected chi connectivity index (χ3v) is 8.42. The normalized spacial score (nSPS) is 20.3. The second-order valence-electron chi connectivity index (χ2n) is 9.49. The standard InChI is InChI=1S/C28H29ClFN3O2S/c1-19-18-32(14-15-33(19)28(35)20-5-7-22(29)8-6-20)26(34)10-13-31-12-9-25-24(11-16-36-25)27(31)21-3-2-4-23(30)17-21/h2-8,11,16-17,19,27H,9-10,12-15,18H2,1H3/t19-,27+/m1/s1. The molecule has 1 fully saturated rings. The summed E-state index contributed by atoms with van der Waals surface area (Å²) in [6, 6.07) is 15.7. The second-order valence-corrected chi connectivity index (χ2v) is 10.9. The first-order valence-electron chi connectivity index (χ1n) is 12.3. The number of carbonyl (C=O) groups is 2. The molecule has 0 N–H and O–H groups in total. The van der Waals surface area contributed by atoms with Crippen molar-refractivity contribution in [3.8, 4) is 0 Å². The Labute approximate surface area is 220 Å². The number of fused-ring (bicyclic) bond motifs is 1. The fourth-order valence-corrected chi connectivity index (χ4v) is 6.35. The molecule has 2 amide bonds. The molecule has 188 valence electrons. The van der Waals surface area contributed by atoms with Crippen LogP contribution in [0.25, 0.3) is 0 Å². The van der Waals surface area contributed by atoms with Gasteiger partial charge in [0.2, 0.25) is 5.91 Å². The Hall–Kier alpha value is -2.74. The Bertz CT molecular complexity index is 1250. The molecule has 3 aromatic rings. The number of benzene rings is 2. The summed E-state index contributed by atoms with van der Waals surface area (Å²) in [6.45, 7) is 4.96. The van der Waals surface area contributed by atoms with Crippen molar-refractivity contribution >= 4 is 34.8 Å². The van der Waals surface area contributed by atoms with E-state index in [4.69, 9.17) is 11.6 Å². The van der Waals surface area contributed by atoms with Crippen LogP contribution in [0.15, 0.2) is 60.0 Å². The van der Waals surface area contributed by atoms with Crippen LogP contribution < -0.4 is 0 Å². The van der Waals surface area contributed by atoms with Gasteiger partial charge in [-0.15, -0.1) is 11.3 Å². The SMILES string of the molecule is C[C@@H]1CN(C(=O)CCN2CCc3sccc3[C@@H]2c2cccc(F)c2)CCN1C(=O)c1ccc(Cl)cc1. The number of thiophene rings is 1. The molecule has 2 atom stereocenters. The Balaban J connectivity index is 1.22. The van der Waals surface area contributed by atoms with E-state index in [0.29, 0.717) is 43.2 Å². The topological polar surface area (TPSA) is 43.9 Å². The van der Waals surface area contributed by atoms with Gasteiger partial charge in [0, 0.05) is 60.6 Å². The van der Waals surface area contributed by atoms with Crippen molar-refractivity contribution in [2.24, 2.45) is 0 Å². The summed E-state index contributed by atoms with van der Waals surface area (Å²) < 4.78 is 14.0. The lowest BCUT2D eigenvalue weighted by atomic mass is 9.93. The molecule has 1 aromatic heterocycles. The van der Waals surface area contributed by atoms with Crippen LogP contribution in [0.3, 0.4) is 0 Å². The molecular weight excluding hydrogens is 497 g/mol. The van der Waals surface area contributed by atoms with Crippen LogP contribution in [-0.4, -0.2) is 65.3 Å². The molecule has 0 radical (unpaired) electrons. The smallest absolute Gasteiger partial charge is 0.254 e. The van der Waals surface area contributed by atoms with Crippen LogP contribution in [0.2, 0.25) is 5.02 Å². The first-order chi connectivity index (χ1) is 17.4. The Morgan fingerprint density at radius 1 is 1.08 bits per heavy atom. The number of piperazine rings is 1. The number of nitrogens with zero attached hydrogens (tertiary/aromatic N) is 3. The molecule has 0 aliphatic carbocycles. The lowest BCUT2D eigenvalue weighted by Crippen LogP contribution is -2.55. The monoisotopic (exact) mass is 525 g/mol. The van der Waals surface area contributed by atoms with E-state index in [0.717, 1.165) is 18.5 Å². The van der Waals surface area contributed by atoms with Gasteiger partial charge < -0.3 is 9.80 Å². The summed E-state index contributed by atoms with van der Waals surface area (Å²) in [4.78, 5) is 33.5. The van der Waals surface area contributed by atoms with E-state index in [1.165, 1.54) is 16.5 Å². The highest BCUT2D eigenvalue weighted by Gasteiger charge is 2.33. The molecule has 2 aliphatic heterocycles. The van der Waals surface area contributed by atoms with Gasteiger partial charge in [-0.05, 0) is 72.3 Å². The predicted octanol–water partition coefficient (Wildman–Crippen LogP) is 5.25. The van der Waals surface area contributed by atoms with Crippen molar-refractivity contribution in [1.29, 1.82) is 0 Å². The molecule has 0 saturated carbocycles. The highest BCUT2D eigenvalue weighted by atomic mass is 35.5. The molecule has 36 heavy (non-hydrogen) atoms. The first kappa shape index (κ1) is 24.9. The van der Waals surface area contributed by atoms with Gasteiger partial charge in [0.05, 0.1) is 6.04 Å². The zero-order chi connectivity index (χ0) is 25.2. The van der Waals surface area contributed by atoms with Crippen LogP contribution in [0.1, 0.15) is 45.7 Å². The summed E-state index contributed by atoms with van der Waals surface area (Å²) in [5.41, 5.74) is 2.74. The van der Waals surface area contributed by atoms with Gasteiger partial charge in [0.15, 0.2) is 0 Å². The fraction of sp³-hybridized carbons (Fsp3) is 0.357. The quantitative estimate of drug-likeness (QED) is 0.457. The summed E-state index contributed by atoms with van der Waals surface area (Å²) in [7, 11) is 0. The van der Waals surface area contributed by atoms with Crippen molar-refractivity contribution in [2.45, 2.75) is 31.8 Å². The Morgan fingerprint density at radius 2 is 1.89 bits per heavy atom. The van der Waals surface area contributed by atoms with Crippen molar-refractivity contribution < 1.29 is 14.0 Å². The second kappa shape index (κ2) is 10.7. The molecule has 2 aliphatic rings. The molecule has 0 bridgehead atoms. The number of halogens is 2. The number of carbonyl (C=O) groups excluding carboxylic acids is 2. The number of amides is 2. The van der Waals surface area contributed by atoms with Crippen LogP contribution in [-0.2, 0) is 11.2 Å². The van der Waals surface area contributed by atoms with Crippen molar-refractivity contribution in [3.05, 3.63) is 92.4 Å². The summed E-state index contributed by atoms with van der Waals surface area (Å²) in [6.07, 6.45) is 1.33. The lowest BCUT2D eigenvalue weighted by molar-refractivity contribution is -0.134. The van der Waals surface area contributed by atoms with E-state index in [1.54, 1.807) is 47.7 Å². The third kappa shape index (κ3) is 5.19. The van der Waals surface area contributed by atoms with Gasteiger partial charge in [0.25, 0.3) is 5.91 Å². The Kier molecular flexibility index (Phi) is 7.42.